The van der Waals surface area contributed by atoms with E-state index in [4.69, 9.17) is 0 Å². The molecule has 0 aromatic heterocycles. The molecule has 2 aliphatic rings. The molecule has 1 saturated carbocycles. The van der Waals surface area contributed by atoms with Crippen LogP contribution in [-0.4, -0.2) is 8.42 Å². The van der Waals surface area contributed by atoms with Gasteiger partial charge in [-0.05, 0) is 43.0 Å². The number of hydrogen-bond donors (Lipinski definition) is 0. The first-order valence-corrected chi connectivity index (χ1v) is 9.50. The highest BCUT2D eigenvalue weighted by Gasteiger charge is 2.46. The molecule has 1 aliphatic carbocycles. The van der Waals surface area contributed by atoms with Gasteiger partial charge in [0.25, 0.3) is 0 Å². The maximum Gasteiger partial charge on any atom is 0.207 e. The molecule has 1 fully saturated rings. The maximum absolute atomic E-state index is 13.0. The Bertz CT molecular complexity index is 843. The molecule has 0 amide bonds. The highest BCUT2D eigenvalue weighted by atomic mass is 32.2. The van der Waals surface area contributed by atoms with Crippen molar-refractivity contribution in [3.63, 3.8) is 0 Å². The first kappa shape index (κ1) is 14.0. The molecule has 1 heterocycles. The normalized spacial score (nSPS) is 21.1. The van der Waals surface area contributed by atoms with Gasteiger partial charge in [0.1, 0.15) is 0 Å². The van der Waals surface area contributed by atoms with Crippen LogP contribution in [0.2, 0.25) is 0 Å². The Hall–Kier alpha value is -1.61. The van der Waals surface area contributed by atoms with Crippen LogP contribution in [0.3, 0.4) is 0 Å². The predicted molar refractivity (Wildman–Crippen MR) is 86.9 cm³/mol. The topological polar surface area (TPSA) is 34.1 Å². The SMILES string of the molecule is Cc1ccc2c(c1)C1(CCCCC1)c1ccccc1S2(=O)=O. The Balaban J connectivity index is 2.12. The van der Waals surface area contributed by atoms with E-state index in [0.29, 0.717) is 9.79 Å². The van der Waals surface area contributed by atoms with Gasteiger partial charge in [-0.1, -0.05) is 55.2 Å². The van der Waals surface area contributed by atoms with Crippen LogP contribution < -0.4 is 0 Å². The number of aryl methyl sites for hydroxylation is 1. The number of hydrogen-bond acceptors (Lipinski definition) is 2. The van der Waals surface area contributed by atoms with Gasteiger partial charge >= 0.3 is 0 Å². The largest absolute Gasteiger partial charge is 0.218 e. The lowest BCUT2D eigenvalue weighted by atomic mass is 9.65. The molecule has 3 heteroatoms. The Morgan fingerprint density at radius 2 is 1.55 bits per heavy atom. The van der Waals surface area contributed by atoms with Gasteiger partial charge in [-0.2, -0.15) is 0 Å². The average molecular weight is 312 g/mol. The van der Waals surface area contributed by atoms with E-state index < -0.39 is 9.84 Å². The van der Waals surface area contributed by atoms with Gasteiger partial charge < -0.3 is 0 Å². The second kappa shape index (κ2) is 4.69. The fourth-order valence-corrected chi connectivity index (χ4v) is 6.14. The molecule has 0 bridgehead atoms. The van der Waals surface area contributed by atoms with Crippen molar-refractivity contribution in [2.24, 2.45) is 0 Å². The van der Waals surface area contributed by atoms with Crippen molar-refractivity contribution in [2.75, 3.05) is 0 Å². The summed E-state index contributed by atoms with van der Waals surface area (Å²) in [4.78, 5) is 1.05. The summed E-state index contributed by atoms with van der Waals surface area (Å²) in [6.07, 6.45) is 5.69. The van der Waals surface area contributed by atoms with E-state index in [9.17, 15) is 8.42 Å². The molecular weight excluding hydrogens is 292 g/mol. The monoisotopic (exact) mass is 312 g/mol. The first-order valence-electron chi connectivity index (χ1n) is 8.01. The van der Waals surface area contributed by atoms with Crippen LogP contribution in [0, 0.1) is 6.92 Å². The minimum atomic E-state index is -3.39. The zero-order chi connectivity index (χ0) is 15.4. The van der Waals surface area contributed by atoms with Gasteiger partial charge in [-0.25, -0.2) is 8.42 Å². The van der Waals surface area contributed by atoms with Crippen LogP contribution in [0.15, 0.2) is 52.3 Å². The van der Waals surface area contributed by atoms with Crippen molar-refractivity contribution < 1.29 is 8.42 Å². The van der Waals surface area contributed by atoms with Crippen LogP contribution in [-0.2, 0) is 15.3 Å². The predicted octanol–water partition coefficient (Wildman–Crippen LogP) is 4.39. The van der Waals surface area contributed by atoms with Gasteiger partial charge in [0.05, 0.1) is 9.79 Å². The van der Waals surface area contributed by atoms with Crippen LogP contribution in [0.4, 0.5) is 0 Å². The molecule has 0 saturated heterocycles. The first-order chi connectivity index (χ1) is 10.6. The van der Waals surface area contributed by atoms with Gasteiger partial charge in [-0.15, -0.1) is 0 Å². The van der Waals surface area contributed by atoms with Crippen molar-refractivity contribution >= 4 is 9.84 Å². The van der Waals surface area contributed by atoms with E-state index in [2.05, 4.69) is 6.07 Å². The van der Waals surface area contributed by atoms with Crippen molar-refractivity contribution in [1.82, 2.24) is 0 Å². The van der Waals surface area contributed by atoms with Crippen molar-refractivity contribution in [1.29, 1.82) is 0 Å². The Morgan fingerprint density at radius 1 is 0.864 bits per heavy atom. The molecule has 0 N–H and O–H groups in total. The molecule has 114 valence electrons. The third-order valence-corrected chi connectivity index (χ3v) is 7.21. The molecule has 2 aromatic rings. The molecule has 4 rings (SSSR count). The molecule has 22 heavy (non-hydrogen) atoms. The van der Waals surface area contributed by atoms with Crippen LogP contribution in [0.1, 0.15) is 48.8 Å². The van der Waals surface area contributed by atoms with Crippen molar-refractivity contribution in [3.8, 4) is 0 Å². The minimum absolute atomic E-state index is 0.110. The average Bonchev–Trinajstić information content (AvgIpc) is 2.54. The van der Waals surface area contributed by atoms with E-state index in [1.165, 1.54) is 19.3 Å². The number of sulfone groups is 1. The van der Waals surface area contributed by atoms with E-state index in [1.807, 2.05) is 37.3 Å². The molecule has 0 unspecified atom stereocenters. The minimum Gasteiger partial charge on any atom is -0.218 e. The zero-order valence-electron chi connectivity index (χ0n) is 12.8. The third kappa shape index (κ3) is 1.75. The van der Waals surface area contributed by atoms with Gasteiger partial charge in [0.15, 0.2) is 0 Å². The van der Waals surface area contributed by atoms with Crippen molar-refractivity contribution in [2.45, 2.75) is 54.2 Å². The summed E-state index contributed by atoms with van der Waals surface area (Å²) in [5.74, 6) is 0. The molecule has 1 aliphatic heterocycles. The summed E-state index contributed by atoms with van der Waals surface area (Å²) < 4.78 is 26.1. The van der Waals surface area contributed by atoms with Crippen LogP contribution in [0.25, 0.3) is 0 Å². The van der Waals surface area contributed by atoms with E-state index in [-0.39, 0.29) is 5.41 Å². The summed E-state index contributed by atoms with van der Waals surface area (Å²) >= 11 is 0. The Morgan fingerprint density at radius 3 is 2.32 bits per heavy atom. The van der Waals surface area contributed by atoms with Crippen molar-refractivity contribution in [3.05, 3.63) is 59.2 Å². The number of benzene rings is 2. The molecule has 0 radical (unpaired) electrons. The summed E-state index contributed by atoms with van der Waals surface area (Å²) in [5.41, 5.74) is 3.08. The van der Waals surface area contributed by atoms with Crippen LogP contribution >= 0.6 is 0 Å². The molecule has 2 aromatic carbocycles. The second-order valence-electron chi connectivity index (χ2n) is 6.64. The van der Waals surface area contributed by atoms with Gasteiger partial charge in [0.2, 0.25) is 9.84 Å². The fraction of sp³-hybridized carbons (Fsp3) is 0.368. The smallest absolute Gasteiger partial charge is 0.207 e. The summed E-state index contributed by atoms with van der Waals surface area (Å²) in [6.45, 7) is 2.05. The zero-order valence-corrected chi connectivity index (χ0v) is 13.6. The second-order valence-corrected chi connectivity index (χ2v) is 8.53. The van der Waals surface area contributed by atoms with Gasteiger partial charge in [-0.3, -0.25) is 0 Å². The molecule has 2 nitrogen and oxygen atoms in total. The highest BCUT2D eigenvalue weighted by Crippen LogP contribution is 2.53. The Labute approximate surface area is 132 Å². The Kier molecular flexibility index (Phi) is 2.99. The number of rotatable bonds is 0. The quantitative estimate of drug-likeness (QED) is 0.723. The fourth-order valence-electron chi connectivity index (χ4n) is 4.31. The summed E-state index contributed by atoms with van der Waals surface area (Å²) in [6, 6.07) is 13.5. The highest BCUT2D eigenvalue weighted by molar-refractivity contribution is 7.91. The summed E-state index contributed by atoms with van der Waals surface area (Å²) in [5, 5.41) is 0. The molecule has 1 spiro atoms. The summed E-state index contributed by atoms with van der Waals surface area (Å²) in [7, 11) is -3.39. The third-order valence-electron chi connectivity index (χ3n) is 5.34. The van der Waals surface area contributed by atoms with Crippen LogP contribution in [0.5, 0.6) is 0 Å². The lowest BCUT2D eigenvalue weighted by molar-refractivity contribution is 0.332. The maximum atomic E-state index is 13.0. The molecular formula is C19H20O2S. The van der Waals surface area contributed by atoms with E-state index in [1.54, 1.807) is 6.07 Å². The number of fused-ring (bicyclic) bond motifs is 4. The van der Waals surface area contributed by atoms with E-state index in [0.717, 1.165) is 29.5 Å². The lowest BCUT2D eigenvalue weighted by Gasteiger charge is -2.43. The lowest BCUT2D eigenvalue weighted by Crippen LogP contribution is -2.37. The molecule has 0 atom stereocenters. The standard InChI is InChI=1S/C19H20O2S/c1-14-9-10-18-16(13-14)19(11-5-2-6-12-19)15-7-3-4-8-17(15)22(18,20)21/h3-4,7-10,13H,2,5-6,11-12H2,1H3. The van der Waals surface area contributed by atoms with E-state index >= 15 is 0 Å². The van der Waals surface area contributed by atoms with Gasteiger partial charge in [0, 0.05) is 5.41 Å².